The summed E-state index contributed by atoms with van der Waals surface area (Å²) in [5.74, 6) is -0.0396. The fourth-order valence-electron chi connectivity index (χ4n) is 1.45. The minimum atomic E-state index is -0.863. The Morgan fingerprint density at radius 1 is 1.75 bits per heavy atom. The molecule has 1 heterocycles. The van der Waals surface area contributed by atoms with Gasteiger partial charge in [-0.2, -0.15) is 0 Å². The van der Waals surface area contributed by atoms with Gasteiger partial charge >= 0.3 is 5.97 Å². The quantitative estimate of drug-likeness (QED) is 0.637. The number of imidazole rings is 1. The van der Waals surface area contributed by atoms with Gasteiger partial charge in [-0.1, -0.05) is 0 Å². The van der Waals surface area contributed by atoms with Gasteiger partial charge in [0.25, 0.3) is 0 Å². The van der Waals surface area contributed by atoms with Crippen molar-refractivity contribution in [1.82, 2.24) is 14.9 Å². The highest BCUT2D eigenvalue weighted by atomic mass is 16.4. The molecule has 0 aromatic carbocycles. The van der Waals surface area contributed by atoms with E-state index in [9.17, 15) is 9.59 Å². The smallest absolute Gasteiger partial charge is 0.303 e. The second-order valence-corrected chi connectivity index (χ2v) is 3.57. The fourth-order valence-corrected chi connectivity index (χ4v) is 1.45. The molecule has 1 rings (SSSR count). The molecular formula is C10H15N3O3. The molecule has 88 valence electrons. The summed E-state index contributed by atoms with van der Waals surface area (Å²) in [5.41, 5.74) is 0. The average Bonchev–Trinajstić information content (AvgIpc) is 2.61. The lowest BCUT2D eigenvalue weighted by atomic mass is 10.1. The molecule has 0 aliphatic heterocycles. The van der Waals surface area contributed by atoms with E-state index in [4.69, 9.17) is 5.11 Å². The van der Waals surface area contributed by atoms with Crippen LogP contribution in [0.1, 0.15) is 18.7 Å². The van der Waals surface area contributed by atoms with Crippen molar-refractivity contribution in [3.8, 4) is 0 Å². The SMILES string of the molecule is Cn1ccnc1CC(CCC(=O)O)NC=O. The number of aromatic nitrogens is 2. The lowest BCUT2D eigenvalue weighted by Gasteiger charge is -2.14. The number of carboxylic acids is 1. The van der Waals surface area contributed by atoms with Gasteiger partial charge in [-0.15, -0.1) is 0 Å². The van der Waals surface area contributed by atoms with Gasteiger partial charge in [0.05, 0.1) is 0 Å². The van der Waals surface area contributed by atoms with E-state index in [0.29, 0.717) is 19.3 Å². The first kappa shape index (κ1) is 12.2. The maximum atomic E-state index is 10.4. The van der Waals surface area contributed by atoms with Gasteiger partial charge in [-0.05, 0) is 6.42 Å². The zero-order valence-electron chi connectivity index (χ0n) is 9.09. The predicted octanol–water partition coefficient (Wildman–Crippen LogP) is -0.0580. The molecule has 1 unspecified atom stereocenters. The van der Waals surface area contributed by atoms with Crippen LogP contribution in [0, 0.1) is 0 Å². The first-order valence-electron chi connectivity index (χ1n) is 5.01. The molecule has 6 nitrogen and oxygen atoms in total. The molecule has 0 saturated carbocycles. The van der Waals surface area contributed by atoms with Gasteiger partial charge in [-0.3, -0.25) is 9.59 Å². The third-order valence-electron chi connectivity index (χ3n) is 2.36. The van der Waals surface area contributed by atoms with Gasteiger partial charge in [-0.25, -0.2) is 4.98 Å². The van der Waals surface area contributed by atoms with Crippen LogP contribution in [0.15, 0.2) is 12.4 Å². The summed E-state index contributed by atoms with van der Waals surface area (Å²) in [5, 5.41) is 11.2. The average molecular weight is 225 g/mol. The van der Waals surface area contributed by atoms with E-state index in [1.165, 1.54) is 0 Å². The molecule has 0 fully saturated rings. The van der Waals surface area contributed by atoms with Crippen LogP contribution in [-0.4, -0.2) is 33.1 Å². The Balaban J connectivity index is 2.53. The highest BCUT2D eigenvalue weighted by Crippen LogP contribution is 2.05. The Morgan fingerprint density at radius 3 is 3.00 bits per heavy atom. The zero-order chi connectivity index (χ0) is 12.0. The van der Waals surface area contributed by atoms with E-state index in [1.807, 2.05) is 17.8 Å². The van der Waals surface area contributed by atoms with E-state index in [1.54, 1.807) is 6.20 Å². The number of carboxylic acid groups (broad SMARTS) is 1. The van der Waals surface area contributed by atoms with Gasteiger partial charge < -0.3 is 15.0 Å². The number of amides is 1. The second-order valence-electron chi connectivity index (χ2n) is 3.57. The maximum absolute atomic E-state index is 10.4. The van der Waals surface area contributed by atoms with Crippen LogP contribution in [0.5, 0.6) is 0 Å². The summed E-state index contributed by atoms with van der Waals surface area (Å²) in [6, 6.07) is -0.185. The number of nitrogens with zero attached hydrogens (tertiary/aromatic N) is 2. The molecular weight excluding hydrogens is 210 g/mol. The molecule has 1 aromatic heterocycles. The number of carbonyl (C=O) groups excluding carboxylic acids is 1. The van der Waals surface area contributed by atoms with E-state index in [-0.39, 0.29) is 12.5 Å². The third kappa shape index (κ3) is 3.72. The van der Waals surface area contributed by atoms with Crippen LogP contribution in [0.2, 0.25) is 0 Å². The minimum absolute atomic E-state index is 0.0376. The molecule has 1 aromatic rings. The Hall–Kier alpha value is -1.85. The third-order valence-corrected chi connectivity index (χ3v) is 2.36. The van der Waals surface area contributed by atoms with Gasteiger partial charge in [0.2, 0.25) is 6.41 Å². The standard InChI is InChI=1S/C10H15N3O3/c1-13-5-4-11-9(13)6-8(12-7-14)2-3-10(15)16/h4-5,7-8H,2-3,6H2,1H3,(H,12,14)(H,15,16). The molecule has 0 bridgehead atoms. The number of aryl methyl sites for hydroxylation is 1. The number of hydrogen-bond acceptors (Lipinski definition) is 3. The normalized spacial score (nSPS) is 12.1. The van der Waals surface area contributed by atoms with Crippen molar-refractivity contribution in [3.05, 3.63) is 18.2 Å². The topological polar surface area (TPSA) is 84.2 Å². The van der Waals surface area contributed by atoms with Gasteiger partial charge in [0.15, 0.2) is 0 Å². The first-order chi connectivity index (χ1) is 7.63. The summed E-state index contributed by atoms with van der Waals surface area (Å²) < 4.78 is 1.85. The Labute approximate surface area is 93.3 Å². The highest BCUT2D eigenvalue weighted by Gasteiger charge is 2.13. The lowest BCUT2D eigenvalue weighted by molar-refractivity contribution is -0.137. The van der Waals surface area contributed by atoms with E-state index in [0.717, 1.165) is 5.82 Å². The predicted molar refractivity (Wildman–Crippen MR) is 56.8 cm³/mol. The van der Waals surface area contributed by atoms with Crippen LogP contribution >= 0.6 is 0 Å². The lowest BCUT2D eigenvalue weighted by Crippen LogP contribution is -2.31. The van der Waals surface area contributed by atoms with Crippen molar-refractivity contribution in [2.75, 3.05) is 0 Å². The number of hydrogen-bond donors (Lipinski definition) is 2. The second kappa shape index (κ2) is 5.89. The maximum Gasteiger partial charge on any atom is 0.303 e. The molecule has 1 atom stereocenters. The summed E-state index contributed by atoms with van der Waals surface area (Å²) in [6.07, 6.45) is 5.05. The van der Waals surface area contributed by atoms with Crippen molar-refractivity contribution >= 4 is 12.4 Å². The number of nitrogens with one attached hydrogen (secondary N) is 1. The van der Waals surface area contributed by atoms with Crippen molar-refractivity contribution in [3.63, 3.8) is 0 Å². The highest BCUT2D eigenvalue weighted by molar-refractivity contribution is 5.66. The molecule has 0 aliphatic rings. The fraction of sp³-hybridized carbons (Fsp3) is 0.500. The summed E-state index contributed by atoms with van der Waals surface area (Å²) >= 11 is 0. The number of carbonyl (C=O) groups is 2. The Morgan fingerprint density at radius 2 is 2.50 bits per heavy atom. The number of aliphatic carboxylic acids is 1. The largest absolute Gasteiger partial charge is 0.481 e. The zero-order valence-corrected chi connectivity index (χ0v) is 9.09. The first-order valence-corrected chi connectivity index (χ1v) is 5.01. The molecule has 0 saturated heterocycles. The van der Waals surface area contributed by atoms with E-state index < -0.39 is 5.97 Å². The van der Waals surface area contributed by atoms with Gasteiger partial charge in [0, 0.05) is 38.3 Å². The van der Waals surface area contributed by atoms with Crippen LogP contribution in [0.4, 0.5) is 0 Å². The number of rotatable bonds is 7. The van der Waals surface area contributed by atoms with Crippen molar-refractivity contribution in [2.45, 2.75) is 25.3 Å². The molecule has 1 amide bonds. The van der Waals surface area contributed by atoms with Crippen molar-refractivity contribution in [2.24, 2.45) is 7.05 Å². The molecule has 0 aliphatic carbocycles. The Bertz CT molecular complexity index is 362. The minimum Gasteiger partial charge on any atom is -0.481 e. The Kier molecular flexibility index (Phi) is 4.50. The van der Waals surface area contributed by atoms with Crippen LogP contribution < -0.4 is 5.32 Å². The van der Waals surface area contributed by atoms with Crippen LogP contribution in [0.25, 0.3) is 0 Å². The van der Waals surface area contributed by atoms with Crippen molar-refractivity contribution in [1.29, 1.82) is 0 Å². The molecule has 2 N–H and O–H groups in total. The van der Waals surface area contributed by atoms with Crippen molar-refractivity contribution < 1.29 is 14.7 Å². The molecule has 0 radical (unpaired) electrons. The molecule has 6 heteroatoms. The summed E-state index contributed by atoms with van der Waals surface area (Å²) in [4.78, 5) is 25.0. The molecule has 16 heavy (non-hydrogen) atoms. The monoisotopic (exact) mass is 225 g/mol. The summed E-state index contributed by atoms with van der Waals surface area (Å²) in [6.45, 7) is 0. The molecule has 0 spiro atoms. The van der Waals surface area contributed by atoms with Crippen LogP contribution in [-0.2, 0) is 23.1 Å². The van der Waals surface area contributed by atoms with E-state index in [2.05, 4.69) is 10.3 Å². The van der Waals surface area contributed by atoms with E-state index >= 15 is 0 Å². The van der Waals surface area contributed by atoms with Gasteiger partial charge in [0.1, 0.15) is 5.82 Å². The summed E-state index contributed by atoms with van der Waals surface area (Å²) in [7, 11) is 1.86. The van der Waals surface area contributed by atoms with Crippen LogP contribution in [0.3, 0.4) is 0 Å².